The molecule has 1 amide bonds. The van der Waals surface area contributed by atoms with Crippen LogP contribution in [0.1, 0.15) is 20.8 Å². The van der Waals surface area contributed by atoms with Crippen molar-refractivity contribution in [2.24, 2.45) is 0 Å². The Morgan fingerprint density at radius 1 is 0.875 bits per heavy atom. The molecule has 0 spiro atoms. The van der Waals surface area contributed by atoms with Gasteiger partial charge in [-0.05, 0) is 50.5 Å². The van der Waals surface area contributed by atoms with E-state index in [1.165, 1.54) is 0 Å². The van der Waals surface area contributed by atoms with E-state index >= 15 is 0 Å². The predicted octanol–water partition coefficient (Wildman–Crippen LogP) is 4.14. The van der Waals surface area contributed by atoms with E-state index < -0.39 is 5.97 Å². The Hall–Kier alpha value is -3.90. The van der Waals surface area contributed by atoms with Gasteiger partial charge in [0.1, 0.15) is 0 Å². The molecule has 1 heterocycles. The third-order valence-electron chi connectivity index (χ3n) is 5.11. The molecular weight excluding hydrogens is 402 g/mol. The minimum atomic E-state index is -0.510. The summed E-state index contributed by atoms with van der Waals surface area (Å²) in [6.07, 6.45) is 0. The van der Waals surface area contributed by atoms with E-state index in [4.69, 9.17) is 4.74 Å². The van der Waals surface area contributed by atoms with E-state index in [0.29, 0.717) is 29.7 Å². The number of carbonyl (C=O) groups is 2. The quantitative estimate of drug-likeness (QED) is 0.450. The highest BCUT2D eigenvalue weighted by atomic mass is 16.5. The largest absolute Gasteiger partial charge is 0.420 e. The summed E-state index contributed by atoms with van der Waals surface area (Å²) in [4.78, 5) is 28.3. The molecule has 0 bridgehead atoms. The van der Waals surface area contributed by atoms with Gasteiger partial charge in [-0.15, -0.1) is 0 Å². The van der Waals surface area contributed by atoms with E-state index in [-0.39, 0.29) is 11.7 Å². The maximum atomic E-state index is 13.4. The molecule has 1 aromatic heterocycles. The van der Waals surface area contributed by atoms with Crippen molar-refractivity contribution in [1.82, 2.24) is 14.8 Å². The van der Waals surface area contributed by atoms with Gasteiger partial charge in [0.15, 0.2) is 11.4 Å². The molecule has 0 aliphatic carbocycles. The Balaban J connectivity index is 1.85. The molecular formula is C26H25N3O3. The van der Waals surface area contributed by atoms with Gasteiger partial charge in [-0.3, -0.25) is 4.79 Å². The Labute approximate surface area is 187 Å². The number of aromatic nitrogens is 1. The average molecular weight is 428 g/mol. The number of para-hydroxylation sites is 2. The summed E-state index contributed by atoms with van der Waals surface area (Å²) in [6, 6.07) is 25.9. The van der Waals surface area contributed by atoms with E-state index in [1.807, 2.05) is 84.2 Å². The summed E-state index contributed by atoms with van der Waals surface area (Å²) in [5.74, 6) is -0.563. The van der Waals surface area contributed by atoms with Crippen LogP contribution in [0.4, 0.5) is 0 Å². The second kappa shape index (κ2) is 9.49. The number of nitrogens with zero attached hydrogens (tertiary/aromatic N) is 2. The number of fused-ring (bicyclic) bond motifs is 1. The zero-order chi connectivity index (χ0) is 22.5. The monoisotopic (exact) mass is 427 g/mol. The molecule has 32 heavy (non-hydrogen) atoms. The van der Waals surface area contributed by atoms with Crippen LogP contribution in [0.2, 0.25) is 0 Å². The molecule has 4 rings (SSSR count). The van der Waals surface area contributed by atoms with Crippen LogP contribution in [-0.4, -0.2) is 48.5 Å². The maximum Gasteiger partial charge on any atom is 0.343 e. The van der Waals surface area contributed by atoms with E-state index in [2.05, 4.69) is 5.32 Å². The highest BCUT2D eigenvalue weighted by molar-refractivity contribution is 6.07. The van der Waals surface area contributed by atoms with Crippen molar-refractivity contribution in [3.63, 3.8) is 0 Å². The Kier molecular flexibility index (Phi) is 6.33. The van der Waals surface area contributed by atoms with Crippen LogP contribution in [-0.2, 0) is 0 Å². The van der Waals surface area contributed by atoms with Crippen molar-refractivity contribution >= 4 is 22.8 Å². The topological polar surface area (TPSA) is 63.6 Å². The van der Waals surface area contributed by atoms with Gasteiger partial charge in [-0.1, -0.05) is 48.5 Å². The average Bonchev–Trinajstić information content (AvgIpc) is 3.14. The molecule has 0 atom stereocenters. The first-order chi connectivity index (χ1) is 15.6. The van der Waals surface area contributed by atoms with Gasteiger partial charge in [0.25, 0.3) is 5.91 Å². The third kappa shape index (κ3) is 4.40. The normalized spacial score (nSPS) is 11.0. The molecule has 162 valence electrons. The number of hydrogen-bond donors (Lipinski definition) is 1. The highest BCUT2D eigenvalue weighted by Crippen LogP contribution is 2.36. The van der Waals surface area contributed by atoms with E-state index in [0.717, 1.165) is 11.2 Å². The number of likely N-dealkylation sites (N-methyl/N-ethyl adjacent to an activating group) is 1. The smallest absolute Gasteiger partial charge is 0.343 e. The summed E-state index contributed by atoms with van der Waals surface area (Å²) in [5.41, 5.74) is 2.30. The molecule has 4 aromatic rings. The Bertz CT molecular complexity index is 1230. The van der Waals surface area contributed by atoms with E-state index in [1.54, 1.807) is 24.3 Å². The van der Waals surface area contributed by atoms with Crippen molar-refractivity contribution in [2.45, 2.75) is 0 Å². The minimum absolute atomic E-state index is 0.251. The molecule has 0 fully saturated rings. The summed E-state index contributed by atoms with van der Waals surface area (Å²) in [5, 5.41) is 3.66. The molecule has 0 saturated heterocycles. The fraction of sp³-hybridized carbons (Fsp3) is 0.154. The Morgan fingerprint density at radius 3 is 2.19 bits per heavy atom. The molecule has 0 aliphatic heterocycles. The van der Waals surface area contributed by atoms with Crippen LogP contribution < -0.4 is 10.1 Å². The molecule has 3 aromatic carbocycles. The summed E-state index contributed by atoms with van der Waals surface area (Å²) >= 11 is 0. The zero-order valence-electron chi connectivity index (χ0n) is 18.1. The van der Waals surface area contributed by atoms with Crippen LogP contribution in [0.3, 0.4) is 0 Å². The first kappa shape index (κ1) is 21.3. The van der Waals surface area contributed by atoms with Crippen LogP contribution in [0.15, 0.2) is 84.9 Å². The van der Waals surface area contributed by atoms with Crippen LogP contribution in [0.25, 0.3) is 16.6 Å². The lowest BCUT2D eigenvalue weighted by Crippen LogP contribution is -2.32. The van der Waals surface area contributed by atoms with Gasteiger partial charge < -0.3 is 19.5 Å². The number of benzene rings is 3. The summed E-state index contributed by atoms with van der Waals surface area (Å²) in [7, 11) is 3.89. The van der Waals surface area contributed by atoms with Gasteiger partial charge in [-0.25, -0.2) is 4.79 Å². The van der Waals surface area contributed by atoms with Gasteiger partial charge in [0.2, 0.25) is 0 Å². The van der Waals surface area contributed by atoms with Crippen LogP contribution in [0, 0.1) is 0 Å². The highest BCUT2D eigenvalue weighted by Gasteiger charge is 2.27. The SMILES string of the molecule is CN(C)CCNC(=O)c1c(OC(=O)c2ccccc2)c2ccccc2n1-c1ccccc1. The molecule has 0 radical (unpaired) electrons. The number of rotatable bonds is 7. The number of amides is 1. The van der Waals surface area contributed by atoms with Gasteiger partial charge >= 0.3 is 5.97 Å². The zero-order valence-corrected chi connectivity index (χ0v) is 18.1. The second-order valence-electron chi connectivity index (χ2n) is 7.68. The summed E-state index contributed by atoms with van der Waals surface area (Å²) < 4.78 is 7.71. The van der Waals surface area contributed by atoms with Gasteiger partial charge in [0.05, 0.1) is 11.1 Å². The third-order valence-corrected chi connectivity index (χ3v) is 5.11. The lowest BCUT2D eigenvalue weighted by molar-refractivity contribution is 0.0734. The number of hydrogen-bond acceptors (Lipinski definition) is 4. The van der Waals surface area contributed by atoms with E-state index in [9.17, 15) is 9.59 Å². The van der Waals surface area contributed by atoms with Crippen LogP contribution in [0.5, 0.6) is 5.75 Å². The second-order valence-corrected chi connectivity index (χ2v) is 7.68. The first-order valence-electron chi connectivity index (χ1n) is 10.5. The number of ether oxygens (including phenoxy) is 1. The van der Waals surface area contributed by atoms with Crippen molar-refractivity contribution < 1.29 is 14.3 Å². The molecule has 0 aliphatic rings. The molecule has 0 unspecified atom stereocenters. The molecule has 6 heteroatoms. The van der Waals surface area contributed by atoms with Crippen molar-refractivity contribution in [2.75, 3.05) is 27.2 Å². The number of esters is 1. The lowest BCUT2D eigenvalue weighted by atomic mass is 10.2. The van der Waals surface area contributed by atoms with Crippen molar-refractivity contribution in [3.05, 3.63) is 96.2 Å². The lowest BCUT2D eigenvalue weighted by Gasteiger charge is -2.14. The standard InChI is InChI=1S/C26H25N3O3/c1-28(2)18-17-27-25(30)23-24(32-26(31)19-11-5-3-6-12-19)21-15-9-10-16-22(21)29(23)20-13-7-4-8-14-20/h3-16H,17-18H2,1-2H3,(H,27,30). The molecule has 0 saturated carbocycles. The van der Waals surface area contributed by atoms with Crippen LogP contribution >= 0.6 is 0 Å². The fourth-order valence-corrected chi connectivity index (χ4v) is 3.57. The number of nitrogens with one attached hydrogen (secondary N) is 1. The molecule has 1 N–H and O–H groups in total. The van der Waals surface area contributed by atoms with Crippen molar-refractivity contribution in [3.8, 4) is 11.4 Å². The fourth-order valence-electron chi connectivity index (χ4n) is 3.57. The maximum absolute atomic E-state index is 13.4. The first-order valence-corrected chi connectivity index (χ1v) is 10.5. The van der Waals surface area contributed by atoms with Crippen molar-refractivity contribution in [1.29, 1.82) is 0 Å². The summed E-state index contributed by atoms with van der Waals surface area (Å²) in [6.45, 7) is 1.16. The van der Waals surface area contributed by atoms with Gasteiger partial charge in [-0.2, -0.15) is 0 Å². The molecule has 6 nitrogen and oxygen atoms in total. The van der Waals surface area contributed by atoms with Gasteiger partial charge in [0, 0.05) is 24.2 Å². The predicted molar refractivity (Wildman–Crippen MR) is 126 cm³/mol. The Morgan fingerprint density at radius 2 is 1.50 bits per heavy atom. The minimum Gasteiger partial charge on any atom is -0.420 e. The number of carbonyl (C=O) groups excluding carboxylic acids is 2.